The van der Waals surface area contributed by atoms with Crippen LogP contribution in [-0.2, 0) is 0 Å². The third-order valence-electron chi connectivity index (χ3n) is 5.07. The number of nitrogens with zero attached hydrogens (tertiary/aromatic N) is 3. The summed E-state index contributed by atoms with van der Waals surface area (Å²) in [4.78, 5) is 4.54. The van der Waals surface area contributed by atoms with E-state index >= 15 is 0 Å². The maximum Gasteiger partial charge on any atom is 0.243 e. The standard InChI is InChI=1S/C21H21Cl2FN4/c1-12-3-6-15(10-18(12)24)19(9-14-4-5-14)26-21-25-13(2)28(27-21)20-8-7-16(22)11-17(20)23/h3,6-8,10-11,14,19H,4-5,9H2,1-2H3,(H,26,27). The first kappa shape index (κ1) is 19.2. The number of anilines is 1. The van der Waals surface area contributed by atoms with Crippen LogP contribution in [0.3, 0.4) is 0 Å². The molecule has 4 nitrogen and oxygen atoms in total. The molecule has 7 heteroatoms. The van der Waals surface area contributed by atoms with Crippen molar-refractivity contribution in [2.24, 2.45) is 5.92 Å². The second-order valence-corrected chi connectivity index (χ2v) is 8.22. The first-order valence-corrected chi connectivity index (χ1v) is 10.1. The smallest absolute Gasteiger partial charge is 0.243 e. The highest BCUT2D eigenvalue weighted by molar-refractivity contribution is 6.35. The van der Waals surface area contributed by atoms with Crippen molar-refractivity contribution in [3.8, 4) is 5.69 Å². The molecule has 28 heavy (non-hydrogen) atoms. The van der Waals surface area contributed by atoms with Gasteiger partial charge in [0.2, 0.25) is 5.95 Å². The van der Waals surface area contributed by atoms with E-state index in [-0.39, 0.29) is 11.9 Å². The van der Waals surface area contributed by atoms with E-state index in [9.17, 15) is 4.39 Å². The zero-order valence-electron chi connectivity index (χ0n) is 15.7. The summed E-state index contributed by atoms with van der Waals surface area (Å²) in [5.74, 6) is 1.67. The lowest BCUT2D eigenvalue weighted by Crippen LogP contribution is -2.13. The van der Waals surface area contributed by atoms with E-state index in [0.29, 0.717) is 39.0 Å². The van der Waals surface area contributed by atoms with Gasteiger partial charge in [0, 0.05) is 5.02 Å². The van der Waals surface area contributed by atoms with Crippen molar-refractivity contribution in [1.82, 2.24) is 14.8 Å². The molecule has 4 rings (SSSR count). The van der Waals surface area contributed by atoms with Crippen molar-refractivity contribution in [1.29, 1.82) is 0 Å². The Hall–Kier alpha value is -2.11. The Labute approximate surface area is 173 Å². The lowest BCUT2D eigenvalue weighted by molar-refractivity contribution is 0.596. The normalized spacial score (nSPS) is 14.9. The summed E-state index contributed by atoms with van der Waals surface area (Å²) in [5, 5.41) is 9.04. The van der Waals surface area contributed by atoms with Crippen LogP contribution in [0.1, 0.15) is 42.3 Å². The molecule has 1 saturated carbocycles. The monoisotopic (exact) mass is 418 g/mol. The molecule has 1 unspecified atom stereocenters. The fourth-order valence-corrected chi connectivity index (χ4v) is 3.77. The Morgan fingerprint density at radius 2 is 1.96 bits per heavy atom. The van der Waals surface area contributed by atoms with Crippen LogP contribution in [0.2, 0.25) is 10.0 Å². The van der Waals surface area contributed by atoms with Gasteiger partial charge in [-0.15, -0.1) is 5.10 Å². The molecule has 1 atom stereocenters. The van der Waals surface area contributed by atoms with E-state index in [1.165, 1.54) is 12.8 Å². The van der Waals surface area contributed by atoms with Crippen LogP contribution in [0.15, 0.2) is 36.4 Å². The number of rotatable bonds is 6. The van der Waals surface area contributed by atoms with Gasteiger partial charge in [-0.05, 0) is 61.6 Å². The SMILES string of the molecule is Cc1ccc(C(CC2CC2)Nc2nc(C)n(-c3ccc(Cl)cc3Cl)n2)cc1F. The number of halogens is 3. The molecule has 2 aromatic carbocycles. The van der Waals surface area contributed by atoms with Crippen LogP contribution in [0.4, 0.5) is 10.3 Å². The fraction of sp³-hybridized carbons (Fsp3) is 0.333. The molecule has 0 radical (unpaired) electrons. The van der Waals surface area contributed by atoms with E-state index in [2.05, 4.69) is 15.4 Å². The van der Waals surface area contributed by atoms with Gasteiger partial charge in [-0.1, -0.05) is 48.2 Å². The third kappa shape index (κ3) is 4.15. The van der Waals surface area contributed by atoms with Crippen LogP contribution in [0.5, 0.6) is 0 Å². The maximum absolute atomic E-state index is 14.1. The number of hydrogen-bond donors (Lipinski definition) is 1. The molecule has 1 aliphatic carbocycles. The largest absolute Gasteiger partial charge is 0.346 e. The molecule has 1 aromatic heterocycles. The van der Waals surface area contributed by atoms with E-state index in [1.807, 2.05) is 25.1 Å². The summed E-state index contributed by atoms with van der Waals surface area (Å²) >= 11 is 12.3. The molecule has 0 bridgehead atoms. The predicted octanol–water partition coefficient (Wildman–Crippen LogP) is 6.28. The van der Waals surface area contributed by atoms with Crippen molar-refractivity contribution in [2.45, 2.75) is 39.2 Å². The minimum atomic E-state index is -0.192. The van der Waals surface area contributed by atoms with Gasteiger partial charge < -0.3 is 5.32 Å². The first-order valence-electron chi connectivity index (χ1n) is 9.32. The third-order valence-corrected chi connectivity index (χ3v) is 5.61. The molecular weight excluding hydrogens is 398 g/mol. The van der Waals surface area contributed by atoms with E-state index in [4.69, 9.17) is 23.2 Å². The van der Waals surface area contributed by atoms with E-state index in [1.54, 1.807) is 29.8 Å². The summed E-state index contributed by atoms with van der Waals surface area (Å²) in [6, 6.07) is 10.6. The Morgan fingerprint density at radius 1 is 1.18 bits per heavy atom. The number of benzene rings is 2. The van der Waals surface area contributed by atoms with Gasteiger partial charge in [0.1, 0.15) is 11.6 Å². The van der Waals surface area contributed by atoms with Crippen LogP contribution < -0.4 is 5.32 Å². The summed E-state index contributed by atoms with van der Waals surface area (Å²) in [5.41, 5.74) is 2.27. The second kappa shape index (κ2) is 7.72. The van der Waals surface area contributed by atoms with Crippen LogP contribution >= 0.6 is 23.2 Å². The average molecular weight is 419 g/mol. The van der Waals surface area contributed by atoms with Gasteiger partial charge >= 0.3 is 0 Å². The van der Waals surface area contributed by atoms with Crippen molar-refractivity contribution >= 4 is 29.2 Å². The second-order valence-electron chi connectivity index (χ2n) is 7.37. The summed E-state index contributed by atoms with van der Waals surface area (Å²) < 4.78 is 15.8. The molecule has 1 N–H and O–H groups in total. The zero-order chi connectivity index (χ0) is 19.8. The highest BCUT2D eigenvalue weighted by Crippen LogP contribution is 2.39. The van der Waals surface area contributed by atoms with Crippen molar-refractivity contribution in [3.05, 3.63) is 69.2 Å². The molecule has 146 valence electrons. The van der Waals surface area contributed by atoms with Crippen molar-refractivity contribution in [2.75, 3.05) is 5.32 Å². The molecule has 0 saturated heterocycles. The molecule has 0 spiro atoms. The lowest BCUT2D eigenvalue weighted by Gasteiger charge is -2.18. The summed E-state index contributed by atoms with van der Waals surface area (Å²) in [6.45, 7) is 3.63. The molecule has 0 aliphatic heterocycles. The average Bonchev–Trinajstić information content (AvgIpc) is 3.39. The minimum absolute atomic E-state index is 0.0430. The van der Waals surface area contributed by atoms with Crippen LogP contribution in [-0.4, -0.2) is 14.8 Å². The Balaban J connectivity index is 1.62. The van der Waals surface area contributed by atoms with Crippen molar-refractivity contribution in [3.63, 3.8) is 0 Å². The van der Waals surface area contributed by atoms with E-state index < -0.39 is 0 Å². The van der Waals surface area contributed by atoms with Crippen LogP contribution in [0.25, 0.3) is 5.69 Å². The molecule has 1 fully saturated rings. The quantitative estimate of drug-likeness (QED) is 0.511. The minimum Gasteiger partial charge on any atom is -0.346 e. The van der Waals surface area contributed by atoms with Gasteiger partial charge in [0.05, 0.1) is 16.8 Å². The number of hydrogen-bond acceptors (Lipinski definition) is 3. The molecule has 0 amide bonds. The topological polar surface area (TPSA) is 42.7 Å². The molecular formula is C21H21Cl2FN4. The van der Waals surface area contributed by atoms with Gasteiger partial charge in [-0.2, -0.15) is 4.98 Å². The molecule has 1 heterocycles. The number of aromatic nitrogens is 3. The van der Waals surface area contributed by atoms with Crippen LogP contribution in [0, 0.1) is 25.6 Å². The van der Waals surface area contributed by atoms with E-state index in [0.717, 1.165) is 12.0 Å². The predicted molar refractivity (Wildman–Crippen MR) is 111 cm³/mol. The number of nitrogens with one attached hydrogen (secondary N) is 1. The van der Waals surface area contributed by atoms with Gasteiger partial charge in [0.15, 0.2) is 0 Å². The lowest BCUT2D eigenvalue weighted by atomic mass is 10.00. The number of aryl methyl sites for hydroxylation is 2. The van der Waals surface area contributed by atoms with Gasteiger partial charge in [0.25, 0.3) is 0 Å². The Kier molecular flexibility index (Phi) is 5.30. The fourth-order valence-electron chi connectivity index (χ4n) is 3.28. The summed E-state index contributed by atoms with van der Waals surface area (Å²) in [6.07, 6.45) is 3.36. The zero-order valence-corrected chi connectivity index (χ0v) is 17.2. The Morgan fingerprint density at radius 3 is 2.64 bits per heavy atom. The maximum atomic E-state index is 14.1. The molecule has 1 aliphatic rings. The highest BCUT2D eigenvalue weighted by atomic mass is 35.5. The first-order chi connectivity index (χ1) is 13.4. The van der Waals surface area contributed by atoms with Gasteiger partial charge in [-0.25, -0.2) is 9.07 Å². The van der Waals surface area contributed by atoms with Gasteiger partial charge in [-0.3, -0.25) is 0 Å². The highest BCUT2D eigenvalue weighted by Gasteiger charge is 2.27. The summed E-state index contributed by atoms with van der Waals surface area (Å²) in [7, 11) is 0. The van der Waals surface area contributed by atoms with Crippen molar-refractivity contribution < 1.29 is 4.39 Å². The molecule has 3 aromatic rings. The Bertz CT molecular complexity index is 1010.